The van der Waals surface area contributed by atoms with Crippen molar-refractivity contribution in [1.29, 1.82) is 0 Å². The van der Waals surface area contributed by atoms with E-state index in [0.29, 0.717) is 11.3 Å². The summed E-state index contributed by atoms with van der Waals surface area (Å²) in [4.78, 5) is 11.7. The van der Waals surface area contributed by atoms with Crippen molar-refractivity contribution in [3.05, 3.63) is 30.0 Å². The summed E-state index contributed by atoms with van der Waals surface area (Å²) < 4.78 is 45.2. The molecule has 0 saturated carbocycles. The zero-order valence-corrected chi connectivity index (χ0v) is 10.6. The van der Waals surface area contributed by atoms with Gasteiger partial charge in [0.2, 0.25) is 0 Å². The Morgan fingerprint density at radius 3 is 2.65 bits per heavy atom. The smallest absolute Gasteiger partial charge is 0.435 e. The molecule has 8 heteroatoms. The molecule has 0 aliphatic carbocycles. The average molecular weight is 282 g/mol. The first-order chi connectivity index (χ1) is 9.43. The van der Waals surface area contributed by atoms with Crippen molar-refractivity contribution >= 4 is 16.7 Å². The number of pyridine rings is 1. The second kappa shape index (κ2) is 4.06. The Kier molecular flexibility index (Phi) is 2.56. The molecule has 0 N–H and O–H groups in total. The molecule has 104 valence electrons. The lowest BCUT2D eigenvalue weighted by atomic mass is 10.2. The normalized spacial score (nSPS) is 12.2. The standard InChI is InChI=1S/C12H9F3N4O/c1-6-9-10(12(13,14)15)17-5-19(9)11-8(18-6)7(20-2)3-4-16-11/h3-5H,1-2H3. The van der Waals surface area contributed by atoms with E-state index in [-0.39, 0.29) is 16.9 Å². The number of halogens is 3. The molecule has 0 fully saturated rings. The summed E-state index contributed by atoms with van der Waals surface area (Å²) in [5.74, 6) is 0.447. The predicted molar refractivity (Wildman–Crippen MR) is 64.6 cm³/mol. The first-order valence-corrected chi connectivity index (χ1v) is 5.67. The van der Waals surface area contributed by atoms with Crippen LogP contribution in [0.4, 0.5) is 13.2 Å². The van der Waals surface area contributed by atoms with Gasteiger partial charge in [0.05, 0.1) is 12.8 Å². The van der Waals surface area contributed by atoms with Crippen LogP contribution in [0.25, 0.3) is 16.7 Å². The maximum Gasteiger partial charge on any atom is 0.435 e. The van der Waals surface area contributed by atoms with Gasteiger partial charge in [-0.15, -0.1) is 0 Å². The van der Waals surface area contributed by atoms with Gasteiger partial charge in [0, 0.05) is 12.3 Å². The molecule has 3 aromatic heterocycles. The van der Waals surface area contributed by atoms with Gasteiger partial charge in [-0.3, -0.25) is 4.40 Å². The third kappa shape index (κ3) is 1.68. The van der Waals surface area contributed by atoms with Crippen molar-refractivity contribution in [2.75, 3.05) is 7.11 Å². The molecule has 0 spiro atoms. The van der Waals surface area contributed by atoms with Crippen molar-refractivity contribution in [2.24, 2.45) is 0 Å². The Morgan fingerprint density at radius 1 is 1.25 bits per heavy atom. The molecule has 0 aliphatic rings. The zero-order chi connectivity index (χ0) is 14.5. The van der Waals surface area contributed by atoms with E-state index in [9.17, 15) is 13.2 Å². The van der Waals surface area contributed by atoms with Crippen molar-refractivity contribution in [3.63, 3.8) is 0 Å². The largest absolute Gasteiger partial charge is 0.494 e. The number of aryl methyl sites for hydroxylation is 1. The van der Waals surface area contributed by atoms with E-state index in [1.807, 2.05) is 0 Å². The quantitative estimate of drug-likeness (QED) is 0.688. The van der Waals surface area contributed by atoms with Gasteiger partial charge in [0.1, 0.15) is 23.1 Å². The number of aromatic nitrogens is 4. The van der Waals surface area contributed by atoms with Crippen LogP contribution in [0.2, 0.25) is 0 Å². The number of hydrogen-bond acceptors (Lipinski definition) is 4. The van der Waals surface area contributed by atoms with Gasteiger partial charge in [-0.1, -0.05) is 0 Å². The van der Waals surface area contributed by atoms with E-state index >= 15 is 0 Å². The molecule has 3 aromatic rings. The van der Waals surface area contributed by atoms with Crippen LogP contribution in [-0.2, 0) is 6.18 Å². The molecule has 0 atom stereocenters. The maximum atomic E-state index is 12.9. The van der Waals surface area contributed by atoms with Crippen LogP contribution in [0.5, 0.6) is 5.75 Å². The van der Waals surface area contributed by atoms with Gasteiger partial charge in [0.15, 0.2) is 11.3 Å². The van der Waals surface area contributed by atoms with Gasteiger partial charge < -0.3 is 4.74 Å². The second-order valence-electron chi connectivity index (χ2n) is 4.19. The van der Waals surface area contributed by atoms with Crippen LogP contribution >= 0.6 is 0 Å². The van der Waals surface area contributed by atoms with Crippen LogP contribution < -0.4 is 4.74 Å². The molecule has 0 unspecified atom stereocenters. The summed E-state index contributed by atoms with van der Waals surface area (Å²) in [6.07, 6.45) is -1.99. The Morgan fingerprint density at radius 2 is 2.00 bits per heavy atom. The summed E-state index contributed by atoms with van der Waals surface area (Å²) in [5.41, 5.74) is -0.174. The van der Waals surface area contributed by atoms with E-state index in [0.717, 1.165) is 6.33 Å². The van der Waals surface area contributed by atoms with Crippen LogP contribution in [0, 0.1) is 6.92 Å². The molecule has 3 rings (SSSR count). The number of fused-ring (bicyclic) bond motifs is 3. The molecule has 0 bridgehead atoms. The molecule has 5 nitrogen and oxygen atoms in total. The first kappa shape index (κ1) is 12.6. The van der Waals surface area contributed by atoms with Gasteiger partial charge in [0.25, 0.3) is 0 Å². The lowest BCUT2D eigenvalue weighted by molar-refractivity contribution is -0.139. The van der Waals surface area contributed by atoms with Gasteiger partial charge in [-0.05, 0) is 6.92 Å². The van der Waals surface area contributed by atoms with Gasteiger partial charge in [-0.2, -0.15) is 13.2 Å². The van der Waals surface area contributed by atoms with E-state index in [2.05, 4.69) is 15.0 Å². The zero-order valence-electron chi connectivity index (χ0n) is 10.6. The number of methoxy groups -OCH3 is 1. The highest BCUT2D eigenvalue weighted by atomic mass is 19.4. The lowest BCUT2D eigenvalue weighted by Gasteiger charge is -2.09. The van der Waals surface area contributed by atoms with E-state index < -0.39 is 11.9 Å². The molecular weight excluding hydrogens is 273 g/mol. The minimum absolute atomic E-state index is 0.0919. The van der Waals surface area contributed by atoms with Gasteiger partial charge >= 0.3 is 6.18 Å². The third-order valence-electron chi connectivity index (χ3n) is 2.97. The molecule has 0 saturated heterocycles. The Hall–Kier alpha value is -2.38. The topological polar surface area (TPSA) is 52.3 Å². The van der Waals surface area contributed by atoms with E-state index in [1.54, 1.807) is 6.07 Å². The van der Waals surface area contributed by atoms with Crippen LogP contribution in [-0.4, -0.2) is 26.5 Å². The lowest BCUT2D eigenvalue weighted by Crippen LogP contribution is -2.08. The summed E-state index contributed by atoms with van der Waals surface area (Å²) in [7, 11) is 1.46. The average Bonchev–Trinajstić information content (AvgIpc) is 2.84. The van der Waals surface area contributed by atoms with Crippen molar-refractivity contribution in [2.45, 2.75) is 13.1 Å². The van der Waals surface area contributed by atoms with Gasteiger partial charge in [-0.25, -0.2) is 15.0 Å². The van der Waals surface area contributed by atoms with Crippen LogP contribution in [0.3, 0.4) is 0 Å². The highest BCUT2D eigenvalue weighted by molar-refractivity contribution is 5.82. The molecule has 0 aliphatic heterocycles. The minimum atomic E-state index is -4.53. The van der Waals surface area contributed by atoms with Crippen molar-refractivity contribution < 1.29 is 17.9 Å². The summed E-state index contributed by atoms with van der Waals surface area (Å²) in [6, 6.07) is 1.60. The number of imidazole rings is 1. The highest BCUT2D eigenvalue weighted by Gasteiger charge is 2.37. The molecule has 20 heavy (non-hydrogen) atoms. The molecule has 0 amide bonds. The monoisotopic (exact) mass is 282 g/mol. The maximum absolute atomic E-state index is 12.9. The first-order valence-electron chi connectivity index (χ1n) is 5.67. The molecule has 0 aromatic carbocycles. The summed E-state index contributed by atoms with van der Waals surface area (Å²) in [6.45, 7) is 1.50. The summed E-state index contributed by atoms with van der Waals surface area (Å²) >= 11 is 0. The highest BCUT2D eigenvalue weighted by Crippen LogP contribution is 2.34. The summed E-state index contributed by atoms with van der Waals surface area (Å²) in [5, 5.41) is 0. The van der Waals surface area contributed by atoms with Crippen molar-refractivity contribution in [3.8, 4) is 5.75 Å². The number of alkyl halides is 3. The van der Waals surface area contributed by atoms with Crippen molar-refractivity contribution in [1.82, 2.24) is 19.4 Å². The number of rotatable bonds is 1. The Bertz CT molecular complexity index is 810. The number of nitrogens with zero attached hydrogens (tertiary/aromatic N) is 4. The number of hydrogen-bond donors (Lipinski definition) is 0. The fraction of sp³-hybridized carbons (Fsp3) is 0.250. The Balaban J connectivity index is 2.48. The Labute approximate surface area is 111 Å². The molecule has 0 radical (unpaired) electrons. The van der Waals surface area contributed by atoms with Crippen LogP contribution in [0.1, 0.15) is 11.4 Å². The van der Waals surface area contributed by atoms with E-state index in [4.69, 9.17) is 4.74 Å². The SMILES string of the molecule is COc1ccnc2c1nc(C)c1c(C(F)(F)F)ncn12. The fourth-order valence-corrected chi connectivity index (χ4v) is 2.15. The molecular formula is C12H9F3N4O. The third-order valence-corrected chi connectivity index (χ3v) is 2.97. The fourth-order valence-electron chi connectivity index (χ4n) is 2.15. The second-order valence-corrected chi connectivity index (χ2v) is 4.19. The number of ether oxygens (including phenoxy) is 1. The predicted octanol–water partition coefficient (Wildman–Crippen LogP) is 2.61. The molecule has 3 heterocycles. The van der Waals surface area contributed by atoms with Crippen LogP contribution in [0.15, 0.2) is 18.6 Å². The minimum Gasteiger partial charge on any atom is -0.494 e. The van der Waals surface area contributed by atoms with E-state index in [1.165, 1.54) is 24.6 Å².